The third-order valence-corrected chi connectivity index (χ3v) is 2.27. The molecule has 0 unspecified atom stereocenters. The molecule has 0 saturated carbocycles. The number of aliphatic hydroxyl groups excluding tert-OH is 2. The van der Waals surface area contributed by atoms with Gasteiger partial charge in [0, 0.05) is 0 Å². The van der Waals surface area contributed by atoms with Gasteiger partial charge in [-0.3, -0.25) is 0 Å². The first-order valence-electron chi connectivity index (χ1n) is 3.43. The molecule has 3 atom stereocenters. The van der Waals surface area contributed by atoms with Crippen molar-refractivity contribution in [3.8, 4) is 0 Å². The summed E-state index contributed by atoms with van der Waals surface area (Å²) < 4.78 is 0. The number of hydrogen-bond donors (Lipinski definition) is 4. The number of aliphatic hydroxyl groups is 3. The highest BCUT2D eigenvalue weighted by molar-refractivity contribution is 4.91. The molecule has 1 aliphatic heterocycles. The summed E-state index contributed by atoms with van der Waals surface area (Å²) in [5, 5.41) is 29.1. The van der Waals surface area contributed by atoms with Crippen LogP contribution in [0.25, 0.3) is 0 Å². The summed E-state index contributed by atoms with van der Waals surface area (Å²) in [6, 6.07) is -0.275. The summed E-state index contributed by atoms with van der Waals surface area (Å²) in [5.74, 6) is 0. The summed E-state index contributed by atoms with van der Waals surface area (Å²) in [7, 11) is 0. The third kappa shape index (κ3) is 1.83. The normalized spacial score (nSPS) is 43.6. The first-order chi connectivity index (χ1) is 4.59. The van der Waals surface area contributed by atoms with Crippen molar-refractivity contribution in [2.45, 2.75) is 24.7 Å². The lowest BCUT2D eigenvalue weighted by Gasteiger charge is -2.22. The van der Waals surface area contributed by atoms with Crippen molar-refractivity contribution in [2.75, 3.05) is 13.2 Å². The van der Waals surface area contributed by atoms with Crippen LogP contribution in [0.3, 0.4) is 0 Å². The Hall–Kier alpha value is 0.130. The molecule has 1 aliphatic rings. The molecular formula is C6H14ClNO3. The Morgan fingerprint density at radius 2 is 2.18 bits per heavy atom. The van der Waals surface area contributed by atoms with Crippen LogP contribution in [0.1, 0.15) is 6.92 Å². The highest BCUT2D eigenvalue weighted by Gasteiger charge is 2.47. The summed E-state index contributed by atoms with van der Waals surface area (Å²) in [4.78, 5) is 0. The smallest absolute Gasteiger partial charge is 0.147 e. The fraction of sp³-hybridized carbons (Fsp3) is 1.00. The maximum Gasteiger partial charge on any atom is 0.147 e. The molecule has 0 radical (unpaired) electrons. The van der Waals surface area contributed by atoms with Crippen molar-refractivity contribution in [2.24, 2.45) is 0 Å². The van der Waals surface area contributed by atoms with Crippen molar-refractivity contribution >= 4 is 0 Å². The molecular weight excluding hydrogens is 170 g/mol. The molecule has 5 heteroatoms. The third-order valence-electron chi connectivity index (χ3n) is 2.27. The fourth-order valence-corrected chi connectivity index (χ4v) is 1.28. The molecule has 1 saturated heterocycles. The van der Waals surface area contributed by atoms with Crippen LogP contribution in [0.15, 0.2) is 0 Å². The minimum Gasteiger partial charge on any atom is -1.00 e. The first kappa shape index (κ1) is 11.1. The molecule has 0 aromatic heterocycles. The Morgan fingerprint density at radius 1 is 1.64 bits per heavy atom. The highest BCUT2D eigenvalue weighted by Crippen LogP contribution is 2.15. The quantitative estimate of drug-likeness (QED) is 0.327. The highest BCUT2D eigenvalue weighted by atomic mass is 35.5. The van der Waals surface area contributed by atoms with E-state index in [2.05, 4.69) is 0 Å². The van der Waals surface area contributed by atoms with Gasteiger partial charge in [0.05, 0.1) is 6.61 Å². The molecule has 0 amide bonds. The molecule has 0 aliphatic carbocycles. The summed E-state index contributed by atoms with van der Waals surface area (Å²) in [5.41, 5.74) is -1.13. The lowest BCUT2D eigenvalue weighted by atomic mass is 9.96. The first-order valence-corrected chi connectivity index (χ1v) is 3.43. The van der Waals surface area contributed by atoms with E-state index in [1.54, 1.807) is 12.2 Å². The predicted molar refractivity (Wildman–Crippen MR) is 34.3 cm³/mol. The molecule has 4 nitrogen and oxygen atoms in total. The van der Waals surface area contributed by atoms with Gasteiger partial charge in [-0.25, -0.2) is 0 Å². The van der Waals surface area contributed by atoms with Gasteiger partial charge in [-0.15, -0.1) is 0 Å². The molecule has 0 aromatic rings. The molecule has 0 spiro atoms. The van der Waals surface area contributed by atoms with Gasteiger partial charge in [-0.2, -0.15) is 0 Å². The minimum absolute atomic E-state index is 0. The number of rotatable bonds is 1. The molecule has 5 N–H and O–H groups in total. The molecule has 1 heterocycles. The molecule has 0 bridgehead atoms. The SMILES string of the molecule is C[C@@]1(O)[C@H](O)C[NH2+][C@@H]1CO.[Cl-]. The van der Waals surface area contributed by atoms with Gasteiger partial charge in [0.2, 0.25) is 0 Å². The Bertz CT molecular complexity index is 131. The summed E-state index contributed by atoms with van der Waals surface area (Å²) >= 11 is 0. The van der Waals surface area contributed by atoms with Crippen LogP contribution in [0.2, 0.25) is 0 Å². The lowest BCUT2D eigenvalue weighted by molar-refractivity contribution is -0.679. The van der Waals surface area contributed by atoms with Gasteiger partial charge in [-0.05, 0) is 6.92 Å². The zero-order chi connectivity index (χ0) is 7.78. The van der Waals surface area contributed by atoms with Crippen LogP contribution in [-0.4, -0.2) is 46.2 Å². The standard InChI is InChI=1S/C6H13NO3.ClH/c1-6(10)4(3-8)7-2-5(6)9;/h4-5,7-10H,2-3H2,1H3;1H/t4-,5-,6+;/m1./s1. The van der Waals surface area contributed by atoms with Crippen LogP contribution in [0, 0.1) is 0 Å². The Labute approximate surface area is 71.6 Å². The molecule has 0 aromatic carbocycles. The second-order valence-corrected chi connectivity index (χ2v) is 3.00. The average molecular weight is 184 g/mol. The number of hydrogen-bond acceptors (Lipinski definition) is 3. The van der Waals surface area contributed by atoms with Crippen molar-refractivity contribution in [3.05, 3.63) is 0 Å². The maximum absolute atomic E-state index is 9.48. The van der Waals surface area contributed by atoms with Gasteiger partial charge in [0.25, 0.3) is 0 Å². The van der Waals surface area contributed by atoms with E-state index in [-0.39, 0.29) is 25.1 Å². The summed E-state index contributed by atoms with van der Waals surface area (Å²) in [6.45, 7) is 1.92. The number of halogens is 1. The van der Waals surface area contributed by atoms with Crippen LogP contribution >= 0.6 is 0 Å². The van der Waals surface area contributed by atoms with E-state index in [1.165, 1.54) is 0 Å². The van der Waals surface area contributed by atoms with E-state index in [1.807, 2.05) is 0 Å². The lowest BCUT2D eigenvalue weighted by Crippen LogP contribution is -3.00. The van der Waals surface area contributed by atoms with E-state index >= 15 is 0 Å². The van der Waals surface area contributed by atoms with E-state index in [4.69, 9.17) is 10.2 Å². The molecule has 68 valence electrons. The average Bonchev–Trinajstić information content (AvgIpc) is 2.10. The number of nitrogens with two attached hydrogens (primary N) is 1. The van der Waals surface area contributed by atoms with Gasteiger partial charge < -0.3 is 33.0 Å². The van der Waals surface area contributed by atoms with Crippen LogP contribution in [0.5, 0.6) is 0 Å². The van der Waals surface area contributed by atoms with Gasteiger partial charge in [0.15, 0.2) is 0 Å². The summed E-state index contributed by atoms with van der Waals surface area (Å²) in [6.07, 6.45) is -0.718. The monoisotopic (exact) mass is 183 g/mol. The van der Waals surface area contributed by atoms with Gasteiger partial charge in [0.1, 0.15) is 24.3 Å². The molecule has 1 rings (SSSR count). The van der Waals surface area contributed by atoms with Crippen LogP contribution in [0.4, 0.5) is 0 Å². The van der Waals surface area contributed by atoms with E-state index < -0.39 is 11.7 Å². The molecule has 11 heavy (non-hydrogen) atoms. The maximum atomic E-state index is 9.48. The Morgan fingerprint density at radius 3 is 2.36 bits per heavy atom. The van der Waals surface area contributed by atoms with Gasteiger partial charge >= 0.3 is 0 Å². The minimum atomic E-state index is -1.13. The second kappa shape index (κ2) is 3.69. The second-order valence-electron chi connectivity index (χ2n) is 3.00. The zero-order valence-electron chi connectivity index (χ0n) is 6.37. The largest absolute Gasteiger partial charge is 1.00 e. The Kier molecular flexibility index (Phi) is 3.73. The van der Waals surface area contributed by atoms with Crippen LogP contribution in [-0.2, 0) is 0 Å². The number of quaternary nitrogens is 1. The van der Waals surface area contributed by atoms with E-state index in [0.29, 0.717) is 6.54 Å². The predicted octanol–water partition coefficient (Wildman–Crippen LogP) is -5.96. The van der Waals surface area contributed by atoms with Crippen molar-refractivity contribution in [1.82, 2.24) is 0 Å². The van der Waals surface area contributed by atoms with Crippen molar-refractivity contribution < 1.29 is 33.0 Å². The topological polar surface area (TPSA) is 77.3 Å². The van der Waals surface area contributed by atoms with E-state index in [0.717, 1.165) is 0 Å². The van der Waals surface area contributed by atoms with Gasteiger partial charge in [-0.1, -0.05) is 0 Å². The van der Waals surface area contributed by atoms with Crippen molar-refractivity contribution in [1.29, 1.82) is 0 Å². The Balaban J connectivity index is 0.000001000. The van der Waals surface area contributed by atoms with Crippen LogP contribution < -0.4 is 17.7 Å². The molecule has 1 fully saturated rings. The fourth-order valence-electron chi connectivity index (χ4n) is 1.28. The van der Waals surface area contributed by atoms with E-state index in [9.17, 15) is 5.11 Å². The zero-order valence-corrected chi connectivity index (χ0v) is 7.12. The van der Waals surface area contributed by atoms with Crippen molar-refractivity contribution in [3.63, 3.8) is 0 Å².